The fourth-order valence-electron chi connectivity index (χ4n) is 1.48. The van der Waals surface area contributed by atoms with Crippen molar-refractivity contribution in [1.82, 2.24) is 0 Å². The summed E-state index contributed by atoms with van der Waals surface area (Å²) in [5.74, 6) is -0.460. The lowest BCUT2D eigenvalue weighted by molar-refractivity contribution is -0.140. The Labute approximate surface area is 123 Å². The van der Waals surface area contributed by atoms with Crippen LogP contribution < -0.4 is 5.32 Å². The van der Waals surface area contributed by atoms with Gasteiger partial charge in [-0.3, -0.25) is 10.1 Å². The van der Waals surface area contributed by atoms with Crippen molar-refractivity contribution in [2.45, 2.75) is 32.8 Å². The molecule has 0 bridgehead atoms. The summed E-state index contributed by atoms with van der Waals surface area (Å²) in [6.45, 7) is 5.32. The Hall–Kier alpha value is -1.75. The third-order valence-corrected chi connectivity index (χ3v) is 2.31. The van der Waals surface area contributed by atoms with Gasteiger partial charge in [0, 0.05) is 5.69 Å². The van der Waals surface area contributed by atoms with Crippen LogP contribution >= 0.6 is 11.6 Å². The predicted molar refractivity (Wildman–Crippen MR) is 76.8 cm³/mol. The van der Waals surface area contributed by atoms with Crippen molar-refractivity contribution in [2.75, 3.05) is 11.4 Å². The van der Waals surface area contributed by atoms with Crippen LogP contribution in [0.3, 0.4) is 0 Å². The fourth-order valence-corrected chi connectivity index (χ4v) is 1.60. The molecule has 0 atom stereocenters. The van der Waals surface area contributed by atoms with Crippen molar-refractivity contribution < 1.29 is 19.1 Å². The minimum absolute atomic E-state index is 0.0265. The normalized spacial score (nSPS) is 10.8. The third kappa shape index (κ3) is 5.93. The number of benzene rings is 1. The molecule has 1 N–H and O–H groups in total. The monoisotopic (exact) mass is 299 g/mol. The van der Waals surface area contributed by atoms with Crippen molar-refractivity contribution in [1.29, 1.82) is 0 Å². The maximum absolute atomic E-state index is 11.7. The molecule has 0 aliphatic heterocycles. The highest BCUT2D eigenvalue weighted by Crippen LogP contribution is 2.18. The van der Waals surface area contributed by atoms with Gasteiger partial charge < -0.3 is 9.47 Å². The Balaban J connectivity index is 2.75. The van der Waals surface area contributed by atoms with Gasteiger partial charge in [0.2, 0.25) is 0 Å². The standard InChI is InChI=1S/C14H18ClNO4/c1-14(2,3)20-13(18)16-11-7-5-4-6-10(11)8-12(17)19-9-15/h4-7H,8-9H2,1-3H3,(H,16,18). The molecule has 0 radical (unpaired) electrons. The molecule has 0 heterocycles. The number of para-hydroxylation sites is 1. The van der Waals surface area contributed by atoms with Gasteiger partial charge in [-0.2, -0.15) is 0 Å². The Kier molecular flexibility index (Phi) is 5.82. The van der Waals surface area contributed by atoms with Crippen LogP contribution in [0.5, 0.6) is 0 Å². The number of ether oxygens (including phenoxy) is 2. The van der Waals surface area contributed by atoms with Gasteiger partial charge in [0.15, 0.2) is 6.07 Å². The molecule has 20 heavy (non-hydrogen) atoms. The first kappa shape index (κ1) is 16.3. The number of hydrogen-bond donors (Lipinski definition) is 1. The second kappa shape index (κ2) is 7.14. The van der Waals surface area contributed by atoms with Gasteiger partial charge in [-0.05, 0) is 32.4 Å². The molecular formula is C14H18ClNO4. The summed E-state index contributed by atoms with van der Waals surface area (Å²) in [6, 6.07) is 6.74. The van der Waals surface area contributed by atoms with Crippen LogP contribution in [0.1, 0.15) is 26.3 Å². The quantitative estimate of drug-likeness (QED) is 0.684. The number of halogens is 1. The second-order valence-electron chi connectivity index (χ2n) is 5.09. The minimum atomic E-state index is -0.587. The number of esters is 1. The van der Waals surface area contributed by atoms with Gasteiger partial charge in [-0.1, -0.05) is 29.8 Å². The summed E-state index contributed by atoms with van der Waals surface area (Å²) in [4.78, 5) is 23.1. The summed E-state index contributed by atoms with van der Waals surface area (Å²) in [6.07, 6.45) is -0.547. The number of hydrogen-bond acceptors (Lipinski definition) is 4. The Bertz CT molecular complexity index is 482. The smallest absolute Gasteiger partial charge is 0.412 e. The molecule has 110 valence electrons. The summed E-state index contributed by atoms with van der Waals surface area (Å²) in [5.41, 5.74) is 0.554. The van der Waals surface area contributed by atoms with Gasteiger partial charge in [-0.25, -0.2) is 4.79 Å². The van der Waals surface area contributed by atoms with E-state index < -0.39 is 17.7 Å². The minimum Gasteiger partial charge on any atom is -0.449 e. The van der Waals surface area contributed by atoms with Crippen LogP contribution in [0.15, 0.2) is 24.3 Å². The van der Waals surface area contributed by atoms with Crippen molar-refractivity contribution in [3.05, 3.63) is 29.8 Å². The zero-order chi connectivity index (χ0) is 15.2. The average molecular weight is 300 g/mol. The summed E-state index contributed by atoms with van der Waals surface area (Å²) >= 11 is 5.33. The van der Waals surface area contributed by atoms with E-state index in [1.54, 1.807) is 45.0 Å². The highest BCUT2D eigenvalue weighted by molar-refractivity contribution is 6.17. The predicted octanol–water partition coefficient (Wildman–Crippen LogP) is 3.32. The number of carbonyl (C=O) groups is 2. The molecule has 0 spiro atoms. The number of carbonyl (C=O) groups excluding carboxylic acids is 2. The fraction of sp³-hybridized carbons (Fsp3) is 0.429. The highest BCUT2D eigenvalue weighted by atomic mass is 35.5. The number of rotatable bonds is 4. The molecular weight excluding hydrogens is 282 g/mol. The molecule has 1 rings (SSSR count). The van der Waals surface area contributed by atoms with Gasteiger partial charge in [-0.15, -0.1) is 0 Å². The first-order chi connectivity index (χ1) is 9.31. The van der Waals surface area contributed by atoms with Crippen LogP contribution in [0.25, 0.3) is 0 Å². The molecule has 0 fully saturated rings. The molecule has 0 aliphatic rings. The van der Waals surface area contributed by atoms with Crippen molar-refractivity contribution in [3.63, 3.8) is 0 Å². The van der Waals surface area contributed by atoms with E-state index in [9.17, 15) is 9.59 Å². The topological polar surface area (TPSA) is 64.6 Å². The summed E-state index contributed by atoms with van der Waals surface area (Å²) in [5, 5.41) is 2.61. The van der Waals surface area contributed by atoms with Gasteiger partial charge in [0.25, 0.3) is 0 Å². The first-order valence-corrected chi connectivity index (χ1v) is 6.65. The van der Waals surface area contributed by atoms with Crippen molar-refractivity contribution in [3.8, 4) is 0 Å². The molecule has 0 aliphatic carbocycles. The maximum atomic E-state index is 11.7. The lowest BCUT2D eigenvalue weighted by Crippen LogP contribution is -2.27. The molecule has 6 heteroatoms. The summed E-state index contributed by atoms with van der Waals surface area (Å²) < 4.78 is 9.83. The van der Waals surface area contributed by atoms with E-state index >= 15 is 0 Å². The van der Waals surface area contributed by atoms with E-state index in [0.717, 1.165) is 0 Å². The maximum Gasteiger partial charge on any atom is 0.412 e. The van der Waals surface area contributed by atoms with Crippen LogP contribution in [-0.2, 0) is 20.7 Å². The molecule has 0 saturated carbocycles. The molecule has 1 aromatic rings. The lowest BCUT2D eigenvalue weighted by Gasteiger charge is -2.20. The van der Waals surface area contributed by atoms with E-state index in [-0.39, 0.29) is 12.5 Å². The highest BCUT2D eigenvalue weighted by Gasteiger charge is 2.17. The SMILES string of the molecule is CC(C)(C)OC(=O)Nc1ccccc1CC(=O)OCCl. The van der Waals surface area contributed by atoms with Gasteiger partial charge in [0.1, 0.15) is 5.60 Å². The Morgan fingerprint density at radius 2 is 1.90 bits per heavy atom. The van der Waals surface area contributed by atoms with Crippen LogP contribution in [0, 0.1) is 0 Å². The zero-order valence-electron chi connectivity index (χ0n) is 11.7. The second-order valence-corrected chi connectivity index (χ2v) is 5.30. The number of amides is 1. The van der Waals surface area contributed by atoms with Gasteiger partial charge in [0.05, 0.1) is 6.42 Å². The first-order valence-electron chi connectivity index (χ1n) is 6.11. The van der Waals surface area contributed by atoms with Crippen LogP contribution in [-0.4, -0.2) is 23.7 Å². The summed E-state index contributed by atoms with van der Waals surface area (Å²) in [7, 11) is 0. The molecule has 1 aromatic carbocycles. The number of nitrogens with one attached hydrogen (secondary N) is 1. The average Bonchev–Trinajstić information content (AvgIpc) is 2.29. The third-order valence-electron chi connectivity index (χ3n) is 2.20. The Morgan fingerprint density at radius 3 is 2.50 bits per heavy atom. The van der Waals surface area contributed by atoms with E-state index in [0.29, 0.717) is 11.3 Å². The van der Waals surface area contributed by atoms with Crippen molar-refractivity contribution >= 4 is 29.4 Å². The van der Waals surface area contributed by atoms with Crippen LogP contribution in [0.4, 0.5) is 10.5 Å². The van der Waals surface area contributed by atoms with E-state index in [2.05, 4.69) is 10.1 Å². The number of alkyl halides is 1. The Morgan fingerprint density at radius 1 is 1.25 bits per heavy atom. The largest absolute Gasteiger partial charge is 0.449 e. The van der Waals surface area contributed by atoms with Crippen molar-refractivity contribution in [2.24, 2.45) is 0 Å². The zero-order valence-corrected chi connectivity index (χ0v) is 12.5. The van der Waals surface area contributed by atoms with Gasteiger partial charge >= 0.3 is 12.1 Å². The molecule has 0 saturated heterocycles. The molecule has 0 unspecified atom stereocenters. The van der Waals surface area contributed by atoms with Crippen LogP contribution in [0.2, 0.25) is 0 Å². The molecule has 1 amide bonds. The van der Waals surface area contributed by atoms with E-state index in [1.807, 2.05) is 0 Å². The lowest BCUT2D eigenvalue weighted by atomic mass is 10.1. The number of anilines is 1. The van der Waals surface area contributed by atoms with E-state index in [4.69, 9.17) is 16.3 Å². The molecule has 0 aromatic heterocycles. The molecule has 5 nitrogen and oxygen atoms in total. The van der Waals surface area contributed by atoms with E-state index in [1.165, 1.54) is 0 Å².